The molecule has 0 atom stereocenters. The first-order chi connectivity index (χ1) is 14.6. The molecule has 152 valence electrons. The Balaban J connectivity index is 1.78. The Bertz CT molecular complexity index is 1200. The topological polar surface area (TPSA) is 64.5 Å². The molecule has 0 saturated carbocycles. The molecule has 6 nitrogen and oxygen atoms in total. The molecule has 2 heterocycles. The SMILES string of the molecule is COc1ccc(C(=O)N(Cc2ccccn2)c2nc3c(Cl)cccc3s2)cc1OC. The van der Waals surface area contributed by atoms with E-state index >= 15 is 0 Å². The van der Waals surface area contributed by atoms with Crippen LogP contribution in [0, 0.1) is 0 Å². The maximum atomic E-state index is 13.5. The van der Waals surface area contributed by atoms with Crippen molar-refractivity contribution in [2.75, 3.05) is 19.1 Å². The second-order valence-corrected chi connectivity index (χ2v) is 7.78. The minimum absolute atomic E-state index is 0.225. The van der Waals surface area contributed by atoms with Gasteiger partial charge in [0.15, 0.2) is 16.6 Å². The van der Waals surface area contributed by atoms with Gasteiger partial charge in [-0.05, 0) is 42.5 Å². The number of benzene rings is 2. The lowest BCUT2D eigenvalue weighted by Gasteiger charge is -2.20. The highest BCUT2D eigenvalue weighted by molar-refractivity contribution is 7.22. The van der Waals surface area contributed by atoms with Gasteiger partial charge in [0, 0.05) is 11.8 Å². The largest absolute Gasteiger partial charge is 0.493 e. The Morgan fingerprint density at radius 1 is 1.07 bits per heavy atom. The quantitative estimate of drug-likeness (QED) is 0.412. The highest BCUT2D eigenvalue weighted by atomic mass is 35.5. The molecule has 0 aliphatic rings. The van der Waals surface area contributed by atoms with Crippen molar-refractivity contribution in [2.24, 2.45) is 0 Å². The molecular formula is C22H18ClN3O3S. The summed E-state index contributed by atoms with van der Waals surface area (Å²) in [4.78, 5) is 24.1. The first kappa shape index (κ1) is 20.1. The van der Waals surface area contributed by atoms with Crippen molar-refractivity contribution < 1.29 is 14.3 Å². The molecule has 4 aromatic rings. The second kappa shape index (κ2) is 8.69. The number of fused-ring (bicyclic) bond motifs is 1. The van der Waals surface area contributed by atoms with E-state index in [0.717, 1.165) is 10.4 Å². The number of nitrogens with zero attached hydrogens (tertiary/aromatic N) is 3. The number of hydrogen-bond acceptors (Lipinski definition) is 6. The Kier molecular flexibility index (Phi) is 5.83. The highest BCUT2D eigenvalue weighted by Gasteiger charge is 2.24. The Labute approximate surface area is 182 Å². The van der Waals surface area contributed by atoms with Gasteiger partial charge in [-0.15, -0.1) is 0 Å². The molecule has 8 heteroatoms. The lowest BCUT2D eigenvalue weighted by molar-refractivity contribution is 0.0984. The molecule has 0 bridgehead atoms. The van der Waals surface area contributed by atoms with Crippen molar-refractivity contribution >= 4 is 44.2 Å². The molecule has 4 rings (SSSR count). The van der Waals surface area contributed by atoms with Crippen LogP contribution < -0.4 is 14.4 Å². The van der Waals surface area contributed by atoms with Crippen molar-refractivity contribution in [3.05, 3.63) is 77.1 Å². The van der Waals surface area contributed by atoms with Gasteiger partial charge in [0.2, 0.25) is 0 Å². The number of para-hydroxylation sites is 1. The molecule has 0 unspecified atom stereocenters. The Morgan fingerprint density at radius 2 is 1.90 bits per heavy atom. The van der Waals surface area contributed by atoms with Crippen molar-refractivity contribution in [1.29, 1.82) is 0 Å². The van der Waals surface area contributed by atoms with E-state index in [2.05, 4.69) is 9.97 Å². The molecule has 0 N–H and O–H groups in total. The maximum absolute atomic E-state index is 13.5. The number of aromatic nitrogens is 2. The predicted molar refractivity (Wildman–Crippen MR) is 119 cm³/mol. The van der Waals surface area contributed by atoms with E-state index in [9.17, 15) is 4.79 Å². The summed E-state index contributed by atoms with van der Waals surface area (Å²) in [5, 5.41) is 1.09. The smallest absolute Gasteiger partial charge is 0.260 e. The number of amides is 1. The van der Waals surface area contributed by atoms with Crippen molar-refractivity contribution in [3.63, 3.8) is 0 Å². The number of pyridine rings is 1. The van der Waals surface area contributed by atoms with Gasteiger partial charge >= 0.3 is 0 Å². The van der Waals surface area contributed by atoms with E-state index < -0.39 is 0 Å². The molecule has 0 aliphatic heterocycles. The maximum Gasteiger partial charge on any atom is 0.260 e. The molecular weight excluding hydrogens is 422 g/mol. The Hall–Kier alpha value is -3.16. The summed E-state index contributed by atoms with van der Waals surface area (Å²) in [6.45, 7) is 0.269. The zero-order valence-electron chi connectivity index (χ0n) is 16.3. The average molecular weight is 440 g/mol. The first-order valence-corrected chi connectivity index (χ1v) is 10.3. The van der Waals surface area contributed by atoms with E-state index in [4.69, 9.17) is 21.1 Å². The molecule has 0 spiro atoms. The van der Waals surface area contributed by atoms with Gasteiger partial charge in [-0.2, -0.15) is 0 Å². The number of thiazole rings is 1. The summed E-state index contributed by atoms with van der Waals surface area (Å²) >= 11 is 7.71. The van der Waals surface area contributed by atoms with Gasteiger partial charge in [-0.1, -0.05) is 35.1 Å². The van der Waals surface area contributed by atoms with Crippen LogP contribution in [0.3, 0.4) is 0 Å². The van der Waals surface area contributed by atoms with Crippen LogP contribution in [0.5, 0.6) is 11.5 Å². The van der Waals surface area contributed by atoms with E-state index in [0.29, 0.717) is 32.7 Å². The summed E-state index contributed by atoms with van der Waals surface area (Å²) in [5.74, 6) is 0.808. The third-order valence-electron chi connectivity index (χ3n) is 4.51. The zero-order chi connectivity index (χ0) is 21.1. The van der Waals surface area contributed by atoms with Crippen LogP contribution >= 0.6 is 22.9 Å². The third-order valence-corrected chi connectivity index (χ3v) is 5.86. The molecule has 2 aromatic heterocycles. The monoisotopic (exact) mass is 439 g/mol. The lowest BCUT2D eigenvalue weighted by Crippen LogP contribution is -2.30. The Morgan fingerprint density at radius 3 is 2.60 bits per heavy atom. The molecule has 30 heavy (non-hydrogen) atoms. The third kappa shape index (κ3) is 3.94. The van der Waals surface area contributed by atoms with E-state index in [1.54, 1.807) is 42.5 Å². The minimum atomic E-state index is -0.225. The standard InChI is InChI=1S/C22H18ClN3O3S/c1-28-17-10-9-14(12-18(17)29-2)21(27)26(13-15-6-3-4-11-24-15)22-25-20-16(23)7-5-8-19(20)30-22/h3-12H,13H2,1-2H3. The lowest BCUT2D eigenvalue weighted by atomic mass is 10.1. The molecule has 0 radical (unpaired) electrons. The van der Waals surface area contributed by atoms with Gasteiger partial charge in [0.05, 0.1) is 36.2 Å². The number of methoxy groups -OCH3 is 2. The average Bonchev–Trinajstić information content (AvgIpc) is 3.22. The fourth-order valence-electron chi connectivity index (χ4n) is 3.02. The summed E-state index contributed by atoms with van der Waals surface area (Å²) in [7, 11) is 3.09. The van der Waals surface area contributed by atoms with Crippen molar-refractivity contribution in [3.8, 4) is 11.5 Å². The van der Waals surface area contributed by atoms with Crippen molar-refractivity contribution in [1.82, 2.24) is 9.97 Å². The highest BCUT2D eigenvalue weighted by Crippen LogP contribution is 2.35. The first-order valence-electron chi connectivity index (χ1n) is 9.09. The van der Waals surface area contributed by atoms with E-state index in [1.165, 1.54) is 18.4 Å². The van der Waals surface area contributed by atoms with Gasteiger partial charge in [-0.25, -0.2) is 4.98 Å². The van der Waals surface area contributed by atoms with Crippen molar-refractivity contribution in [2.45, 2.75) is 6.54 Å². The van der Waals surface area contributed by atoms with Crippen LogP contribution in [0.25, 0.3) is 10.2 Å². The van der Waals surface area contributed by atoms with Crippen LogP contribution in [0.4, 0.5) is 5.13 Å². The number of carbonyl (C=O) groups is 1. The van der Waals surface area contributed by atoms with Crippen LogP contribution in [-0.4, -0.2) is 30.1 Å². The number of halogens is 1. The molecule has 0 aliphatic carbocycles. The summed E-state index contributed by atoms with van der Waals surface area (Å²) in [6.07, 6.45) is 1.70. The van der Waals surface area contributed by atoms with Crippen LogP contribution in [0.1, 0.15) is 16.1 Å². The summed E-state index contributed by atoms with van der Waals surface area (Å²) in [6, 6.07) is 16.2. The number of ether oxygens (including phenoxy) is 2. The number of hydrogen-bond donors (Lipinski definition) is 0. The predicted octanol–water partition coefficient (Wildman–Crippen LogP) is 5.21. The molecule has 2 aromatic carbocycles. The van der Waals surface area contributed by atoms with Gasteiger partial charge < -0.3 is 9.47 Å². The molecule has 1 amide bonds. The van der Waals surface area contributed by atoms with Gasteiger partial charge in [-0.3, -0.25) is 14.7 Å². The number of carbonyl (C=O) groups excluding carboxylic acids is 1. The van der Waals surface area contributed by atoms with Crippen LogP contribution in [-0.2, 0) is 6.54 Å². The normalized spacial score (nSPS) is 10.8. The zero-order valence-corrected chi connectivity index (χ0v) is 17.9. The summed E-state index contributed by atoms with van der Waals surface area (Å²) in [5.41, 5.74) is 1.87. The van der Waals surface area contributed by atoms with Crippen LogP contribution in [0.2, 0.25) is 5.02 Å². The van der Waals surface area contributed by atoms with E-state index in [1.807, 2.05) is 30.3 Å². The number of rotatable bonds is 6. The number of anilines is 1. The molecule has 0 fully saturated rings. The van der Waals surface area contributed by atoms with Crippen LogP contribution in [0.15, 0.2) is 60.8 Å². The fourth-order valence-corrected chi connectivity index (χ4v) is 4.29. The van der Waals surface area contributed by atoms with E-state index in [-0.39, 0.29) is 12.5 Å². The summed E-state index contributed by atoms with van der Waals surface area (Å²) < 4.78 is 11.5. The fraction of sp³-hybridized carbons (Fsp3) is 0.136. The molecule has 0 saturated heterocycles. The minimum Gasteiger partial charge on any atom is -0.493 e. The second-order valence-electron chi connectivity index (χ2n) is 6.37. The van der Waals surface area contributed by atoms with Gasteiger partial charge in [0.1, 0.15) is 5.52 Å². The van der Waals surface area contributed by atoms with Gasteiger partial charge in [0.25, 0.3) is 5.91 Å².